The van der Waals surface area contributed by atoms with Crippen molar-refractivity contribution in [3.63, 3.8) is 0 Å². The summed E-state index contributed by atoms with van der Waals surface area (Å²) in [5.41, 5.74) is 12.0. The summed E-state index contributed by atoms with van der Waals surface area (Å²) in [6.45, 7) is 5.27. The summed E-state index contributed by atoms with van der Waals surface area (Å²) >= 11 is 1.28. The lowest BCUT2D eigenvalue weighted by molar-refractivity contribution is 0.243. The molecule has 0 amide bonds. The van der Waals surface area contributed by atoms with Gasteiger partial charge in [0, 0.05) is 50.4 Å². The molecule has 4 heterocycles. The zero-order valence-corrected chi connectivity index (χ0v) is 25.0. The van der Waals surface area contributed by atoms with Crippen molar-refractivity contribution < 1.29 is 0 Å². The van der Waals surface area contributed by atoms with Crippen LogP contribution in [-0.4, -0.2) is 18.5 Å². The first-order valence-corrected chi connectivity index (χ1v) is 15.6. The van der Waals surface area contributed by atoms with Crippen LogP contribution in [0, 0.1) is 0 Å². The molecular formula is C38H34N4S. The molecule has 0 N–H and O–H groups in total. The van der Waals surface area contributed by atoms with Gasteiger partial charge in [0.05, 0.1) is 11.7 Å². The smallest absolute Gasteiger partial charge is 0.112 e. The minimum Gasteiger partial charge on any atom is -0.291 e. The van der Waals surface area contributed by atoms with Gasteiger partial charge >= 0.3 is 0 Å². The van der Waals surface area contributed by atoms with Crippen LogP contribution >= 0.6 is 11.7 Å². The van der Waals surface area contributed by atoms with Crippen LogP contribution in [0.4, 0.5) is 0 Å². The number of hydrogen-bond acceptors (Lipinski definition) is 5. The van der Waals surface area contributed by atoms with Crippen molar-refractivity contribution in [1.82, 2.24) is 18.5 Å². The van der Waals surface area contributed by atoms with E-state index in [1.807, 2.05) is 0 Å². The Balaban J connectivity index is 1.27. The Bertz CT molecular complexity index is 1640. The van der Waals surface area contributed by atoms with Gasteiger partial charge in [0.15, 0.2) is 0 Å². The van der Waals surface area contributed by atoms with Crippen molar-refractivity contribution in [2.75, 3.05) is 0 Å². The third-order valence-electron chi connectivity index (χ3n) is 8.06. The highest BCUT2D eigenvalue weighted by Gasteiger charge is 2.16. The van der Waals surface area contributed by atoms with Gasteiger partial charge in [0.2, 0.25) is 0 Å². The van der Waals surface area contributed by atoms with E-state index in [1.54, 1.807) is 0 Å². The van der Waals surface area contributed by atoms with E-state index in [-0.39, 0.29) is 0 Å². The lowest BCUT2D eigenvalue weighted by atomic mass is 10.0. The lowest BCUT2D eigenvalue weighted by Gasteiger charge is -2.25. The fourth-order valence-corrected chi connectivity index (χ4v) is 6.57. The van der Waals surface area contributed by atoms with Gasteiger partial charge in [-0.05, 0) is 33.4 Å². The number of benzene rings is 5. The third-order valence-corrected chi connectivity index (χ3v) is 8.59. The van der Waals surface area contributed by atoms with Gasteiger partial charge < -0.3 is 0 Å². The number of nitrogens with zero attached hydrogens (tertiary/aromatic N) is 4. The molecule has 0 spiro atoms. The van der Waals surface area contributed by atoms with Crippen LogP contribution in [0.15, 0.2) is 133 Å². The topological polar surface area (TPSA) is 32.3 Å². The van der Waals surface area contributed by atoms with Gasteiger partial charge in [-0.1, -0.05) is 133 Å². The van der Waals surface area contributed by atoms with E-state index in [0.29, 0.717) is 0 Å². The lowest BCUT2D eigenvalue weighted by Crippen LogP contribution is -2.23. The number of rotatable bonds is 4. The highest BCUT2D eigenvalue weighted by atomic mass is 32.1. The fourth-order valence-electron chi connectivity index (χ4n) is 5.98. The van der Waals surface area contributed by atoms with E-state index in [0.717, 1.165) is 61.8 Å². The Labute approximate surface area is 258 Å². The number of aromatic nitrogens is 2. The standard InChI is InChI=1S/C38H34N4S/c1-3-8-29(9-4-1)23-41-25-31-14-18-35(19-15-31)37-38(40-43-39-37)36-20-16-32(17-21-36)26-42(24-30-10-5-2-6-11-30)28-34-13-7-12-33(22-34)27-41/h1-22H,23-28H2. The predicted octanol–water partition coefficient (Wildman–Crippen LogP) is 8.59. The Kier molecular flexibility index (Phi) is 8.19. The van der Waals surface area contributed by atoms with Gasteiger partial charge in [-0.25, -0.2) is 0 Å². The molecule has 9 rings (SSSR count). The Morgan fingerprint density at radius 3 is 1.30 bits per heavy atom. The largest absolute Gasteiger partial charge is 0.291 e. The molecule has 0 saturated heterocycles. The average Bonchev–Trinajstić information content (AvgIpc) is 3.53. The molecule has 0 atom stereocenters. The molecule has 5 aromatic carbocycles. The summed E-state index contributed by atoms with van der Waals surface area (Å²) in [6.07, 6.45) is 0. The monoisotopic (exact) mass is 578 g/mol. The van der Waals surface area contributed by atoms with Crippen LogP contribution in [0.1, 0.15) is 33.4 Å². The Hall–Kier alpha value is -4.42. The summed E-state index contributed by atoms with van der Waals surface area (Å²) in [6, 6.07) is 48.5. The molecule has 1 aromatic heterocycles. The molecular weight excluding hydrogens is 545 g/mol. The third kappa shape index (κ3) is 6.81. The minimum atomic E-state index is 0.864. The highest BCUT2D eigenvalue weighted by Crippen LogP contribution is 2.31. The van der Waals surface area contributed by atoms with Crippen LogP contribution in [-0.2, 0) is 39.3 Å². The van der Waals surface area contributed by atoms with Crippen molar-refractivity contribution in [3.8, 4) is 22.5 Å². The second-order valence-electron chi connectivity index (χ2n) is 11.4. The molecule has 0 fully saturated rings. The Morgan fingerprint density at radius 2 is 0.860 bits per heavy atom. The number of hydrogen-bond donors (Lipinski definition) is 0. The van der Waals surface area contributed by atoms with Crippen LogP contribution < -0.4 is 0 Å². The summed E-state index contributed by atoms with van der Waals surface area (Å²) in [7, 11) is 0. The molecule has 4 nitrogen and oxygen atoms in total. The van der Waals surface area contributed by atoms with Gasteiger partial charge in [-0.15, -0.1) is 0 Å². The molecule has 43 heavy (non-hydrogen) atoms. The van der Waals surface area contributed by atoms with Crippen LogP contribution in [0.3, 0.4) is 0 Å². The molecule has 3 aliphatic heterocycles. The molecule has 0 radical (unpaired) electrons. The maximum Gasteiger partial charge on any atom is 0.112 e. The van der Waals surface area contributed by atoms with Crippen molar-refractivity contribution in [2.45, 2.75) is 39.3 Å². The molecule has 3 aliphatic rings. The molecule has 0 unspecified atom stereocenters. The van der Waals surface area contributed by atoms with Gasteiger partial charge in [-0.2, -0.15) is 8.75 Å². The van der Waals surface area contributed by atoms with E-state index >= 15 is 0 Å². The summed E-state index contributed by atoms with van der Waals surface area (Å²) in [5.74, 6) is 0. The van der Waals surface area contributed by atoms with Crippen molar-refractivity contribution in [1.29, 1.82) is 0 Å². The maximum absolute atomic E-state index is 4.70. The minimum absolute atomic E-state index is 0.864. The second-order valence-corrected chi connectivity index (χ2v) is 12.0. The van der Waals surface area contributed by atoms with E-state index in [9.17, 15) is 0 Å². The molecule has 5 heteroatoms. The van der Waals surface area contributed by atoms with Crippen molar-refractivity contribution in [3.05, 3.63) is 167 Å². The SMILES string of the molecule is c1ccc(CN2Cc3ccc(cc3)-c3nsnc3-c3ccc(cc3)CN(Cc3ccccc3)Cc3cccc(c3)C2)cc1. The van der Waals surface area contributed by atoms with Gasteiger partial charge in [0.25, 0.3) is 0 Å². The summed E-state index contributed by atoms with van der Waals surface area (Å²) in [5, 5.41) is 0. The van der Waals surface area contributed by atoms with Crippen molar-refractivity contribution >= 4 is 11.7 Å². The van der Waals surface area contributed by atoms with Gasteiger partial charge in [-0.3, -0.25) is 9.80 Å². The average molecular weight is 579 g/mol. The highest BCUT2D eigenvalue weighted by molar-refractivity contribution is 6.99. The Morgan fingerprint density at radius 1 is 0.442 bits per heavy atom. The van der Waals surface area contributed by atoms with Crippen LogP contribution in [0.25, 0.3) is 22.5 Å². The zero-order valence-electron chi connectivity index (χ0n) is 24.1. The first-order chi connectivity index (χ1) is 21.2. The predicted molar refractivity (Wildman–Crippen MR) is 176 cm³/mol. The van der Waals surface area contributed by atoms with Crippen molar-refractivity contribution in [2.24, 2.45) is 0 Å². The van der Waals surface area contributed by atoms with Crippen LogP contribution in [0.2, 0.25) is 0 Å². The summed E-state index contributed by atoms with van der Waals surface area (Å²) in [4.78, 5) is 5.07. The first-order valence-electron chi connectivity index (χ1n) is 14.9. The van der Waals surface area contributed by atoms with Crippen LogP contribution in [0.5, 0.6) is 0 Å². The second kappa shape index (κ2) is 12.8. The maximum atomic E-state index is 4.70. The van der Waals surface area contributed by atoms with E-state index in [4.69, 9.17) is 8.75 Å². The first kappa shape index (κ1) is 27.4. The quantitative estimate of drug-likeness (QED) is 0.210. The molecule has 0 saturated carbocycles. The summed E-state index contributed by atoms with van der Waals surface area (Å²) < 4.78 is 9.41. The zero-order chi connectivity index (χ0) is 28.8. The van der Waals surface area contributed by atoms with E-state index in [2.05, 4.69) is 143 Å². The fraction of sp³-hybridized carbons (Fsp3) is 0.158. The van der Waals surface area contributed by atoms with E-state index < -0.39 is 0 Å². The van der Waals surface area contributed by atoms with Gasteiger partial charge in [0.1, 0.15) is 11.4 Å². The molecule has 0 aliphatic carbocycles. The number of fused-ring (bicyclic) bond motifs is 2. The molecule has 6 aromatic rings. The van der Waals surface area contributed by atoms with E-state index in [1.165, 1.54) is 45.1 Å². The normalized spacial score (nSPS) is 14.1. The molecule has 212 valence electrons. The molecule has 6 bridgehead atoms.